The van der Waals surface area contributed by atoms with Gasteiger partial charge in [0.05, 0.1) is 21.2 Å². The monoisotopic (exact) mass is 405 g/mol. The number of benzene rings is 1. The van der Waals surface area contributed by atoms with Crippen LogP contribution in [0.15, 0.2) is 23.1 Å². The number of carbonyl (C=O) groups is 1. The van der Waals surface area contributed by atoms with Crippen molar-refractivity contribution < 1.29 is 18.3 Å². The molecule has 1 amide bonds. The predicted octanol–water partition coefficient (Wildman–Crippen LogP) is 3.37. The number of aromatic hydroxyl groups is 1. The number of hydrogen-bond acceptors (Lipinski definition) is 7. The van der Waals surface area contributed by atoms with Crippen LogP contribution in [0, 0.1) is 20.8 Å². The zero-order chi connectivity index (χ0) is 19.9. The van der Waals surface area contributed by atoms with E-state index in [1.807, 2.05) is 13.8 Å². The zero-order valence-electron chi connectivity index (χ0n) is 15.3. The first-order valence-corrected chi connectivity index (χ1v) is 10.7. The Labute approximate surface area is 161 Å². The normalized spacial score (nSPS) is 11.7. The van der Waals surface area contributed by atoms with Crippen LogP contribution in [0.25, 0.3) is 10.2 Å². The lowest BCUT2D eigenvalue weighted by Crippen LogP contribution is -2.12. The molecule has 2 N–H and O–H groups in total. The summed E-state index contributed by atoms with van der Waals surface area (Å²) in [6.45, 7) is 7.01. The van der Waals surface area contributed by atoms with Crippen LogP contribution in [-0.2, 0) is 9.84 Å². The summed E-state index contributed by atoms with van der Waals surface area (Å²) in [5.41, 5.74) is 1.59. The molecule has 7 nitrogen and oxygen atoms in total. The highest BCUT2D eigenvalue weighted by Crippen LogP contribution is 2.33. The molecule has 0 saturated heterocycles. The van der Waals surface area contributed by atoms with Crippen molar-refractivity contribution in [3.05, 3.63) is 40.2 Å². The van der Waals surface area contributed by atoms with Gasteiger partial charge in [0.25, 0.3) is 5.91 Å². The van der Waals surface area contributed by atoms with Gasteiger partial charge >= 0.3 is 0 Å². The maximum Gasteiger partial charge on any atom is 0.266 e. The molecule has 0 aliphatic rings. The highest BCUT2D eigenvalue weighted by molar-refractivity contribution is 7.91. The van der Waals surface area contributed by atoms with E-state index in [1.54, 1.807) is 6.92 Å². The molecule has 2 heterocycles. The van der Waals surface area contributed by atoms with E-state index in [0.717, 1.165) is 16.6 Å². The maximum absolute atomic E-state index is 12.8. The number of fused-ring (bicyclic) bond motifs is 1. The number of carbonyl (C=O) groups excluding carboxylic acids is 1. The molecular formula is C18H19N3O4S2. The lowest BCUT2D eigenvalue weighted by atomic mass is 10.1. The largest absolute Gasteiger partial charge is 0.506 e. The van der Waals surface area contributed by atoms with Gasteiger partial charge in [-0.1, -0.05) is 6.92 Å². The van der Waals surface area contributed by atoms with Gasteiger partial charge in [0.15, 0.2) is 9.84 Å². The zero-order valence-corrected chi connectivity index (χ0v) is 17.0. The van der Waals surface area contributed by atoms with Crippen molar-refractivity contribution in [3.63, 3.8) is 0 Å². The van der Waals surface area contributed by atoms with Crippen molar-refractivity contribution in [2.45, 2.75) is 32.6 Å². The molecule has 0 bridgehead atoms. The van der Waals surface area contributed by atoms with Crippen molar-refractivity contribution in [3.8, 4) is 5.75 Å². The summed E-state index contributed by atoms with van der Waals surface area (Å²) < 4.78 is 24.1. The number of hydrogen-bond donors (Lipinski definition) is 2. The molecule has 0 spiro atoms. The minimum Gasteiger partial charge on any atom is -0.506 e. The lowest BCUT2D eigenvalue weighted by molar-refractivity contribution is 0.102. The Morgan fingerprint density at radius 1 is 1.22 bits per heavy atom. The number of amides is 1. The molecule has 9 heteroatoms. The Kier molecular flexibility index (Phi) is 4.92. The third-order valence-corrected chi connectivity index (χ3v) is 7.16. The SMILES string of the molecule is CCS(=O)(=O)c1ccc(O)c(NC(=O)c2sc3nc(C)nc(C)c3c2C)c1. The number of aromatic nitrogens is 2. The smallest absolute Gasteiger partial charge is 0.266 e. The molecule has 3 rings (SSSR count). The number of phenolic OH excluding ortho intramolecular Hbond substituents is 1. The summed E-state index contributed by atoms with van der Waals surface area (Å²) in [5.74, 6) is -0.0843. The summed E-state index contributed by atoms with van der Waals surface area (Å²) in [5, 5.41) is 13.5. The number of nitrogens with zero attached hydrogens (tertiary/aromatic N) is 2. The van der Waals surface area contributed by atoms with Crippen molar-refractivity contribution in [2.75, 3.05) is 11.1 Å². The van der Waals surface area contributed by atoms with E-state index in [1.165, 1.54) is 36.5 Å². The first kappa shape index (κ1) is 19.2. The second kappa shape index (κ2) is 6.90. The first-order valence-electron chi connectivity index (χ1n) is 8.25. The molecular weight excluding hydrogens is 386 g/mol. The maximum atomic E-state index is 12.8. The average molecular weight is 406 g/mol. The first-order chi connectivity index (χ1) is 12.6. The molecule has 3 aromatic rings. The van der Waals surface area contributed by atoms with Gasteiger partial charge in [-0.05, 0) is 44.5 Å². The van der Waals surface area contributed by atoms with Crippen LogP contribution in [0.1, 0.15) is 33.7 Å². The van der Waals surface area contributed by atoms with Crippen molar-refractivity contribution in [1.29, 1.82) is 0 Å². The van der Waals surface area contributed by atoms with E-state index in [4.69, 9.17) is 0 Å². The molecule has 0 saturated carbocycles. The van der Waals surface area contributed by atoms with Gasteiger partial charge in [-0.25, -0.2) is 18.4 Å². The Balaban J connectivity index is 2.02. The number of rotatable bonds is 4. The number of anilines is 1. The van der Waals surface area contributed by atoms with Gasteiger partial charge in [-0.3, -0.25) is 4.79 Å². The second-order valence-corrected chi connectivity index (χ2v) is 9.41. The number of sulfone groups is 1. The van der Waals surface area contributed by atoms with Crippen LogP contribution in [0.2, 0.25) is 0 Å². The Hall–Kier alpha value is -2.52. The fourth-order valence-corrected chi connectivity index (χ4v) is 4.92. The molecule has 2 aromatic heterocycles. The predicted molar refractivity (Wildman–Crippen MR) is 105 cm³/mol. The van der Waals surface area contributed by atoms with Gasteiger partial charge in [-0.2, -0.15) is 0 Å². The topological polar surface area (TPSA) is 109 Å². The van der Waals surface area contributed by atoms with Gasteiger partial charge < -0.3 is 10.4 Å². The minimum atomic E-state index is -3.46. The molecule has 0 atom stereocenters. The van der Waals surface area contributed by atoms with E-state index >= 15 is 0 Å². The van der Waals surface area contributed by atoms with Crippen LogP contribution in [-0.4, -0.2) is 35.2 Å². The lowest BCUT2D eigenvalue weighted by Gasteiger charge is -2.09. The van der Waals surface area contributed by atoms with E-state index in [0.29, 0.717) is 15.5 Å². The number of thiophene rings is 1. The van der Waals surface area contributed by atoms with Gasteiger partial charge in [0.1, 0.15) is 16.4 Å². The van der Waals surface area contributed by atoms with E-state index in [2.05, 4.69) is 15.3 Å². The van der Waals surface area contributed by atoms with Crippen molar-refractivity contribution in [2.24, 2.45) is 0 Å². The minimum absolute atomic E-state index is 0.0449. The van der Waals surface area contributed by atoms with Gasteiger partial charge in [-0.15, -0.1) is 11.3 Å². The van der Waals surface area contributed by atoms with Crippen LogP contribution in [0.4, 0.5) is 5.69 Å². The summed E-state index contributed by atoms with van der Waals surface area (Å²) in [7, 11) is -3.46. The van der Waals surface area contributed by atoms with E-state index < -0.39 is 15.7 Å². The third-order valence-electron chi connectivity index (χ3n) is 4.24. The van der Waals surface area contributed by atoms with Crippen LogP contribution < -0.4 is 5.32 Å². The van der Waals surface area contributed by atoms with Gasteiger partial charge in [0.2, 0.25) is 0 Å². The summed E-state index contributed by atoms with van der Waals surface area (Å²) in [6.07, 6.45) is 0. The number of phenols is 1. The average Bonchev–Trinajstić information content (AvgIpc) is 2.93. The molecule has 27 heavy (non-hydrogen) atoms. The summed E-state index contributed by atoms with van der Waals surface area (Å²) in [6, 6.07) is 3.84. The van der Waals surface area contributed by atoms with Crippen molar-refractivity contribution in [1.82, 2.24) is 9.97 Å². The molecule has 0 aliphatic heterocycles. The van der Waals surface area contributed by atoms with Crippen molar-refractivity contribution >= 4 is 43.0 Å². The fraction of sp³-hybridized carbons (Fsp3) is 0.278. The quantitative estimate of drug-likeness (QED) is 0.644. The molecule has 0 fully saturated rings. The number of aryl methyl sites for hydroxylation is 3. The Morgan fingerprint density at radius 3 is 2.59 bits per heavy atom. The van der Waals surface area contributed by atoms with Crippen LogP contribution in [0.3, 0.4) is 0 Å². The van der Waals surface area contributed by atoms with Crippen LogP contribution in [0.5, 0.6) is 5.75 Å². The molecule has 1 aromatic carbocycles. The summed E-state index contributed by atoms with van der Waals surface area (Å²) in [4.78, 5) is 22.7. The van der Waals surface area contributed by atoms with E-state index in [9.17, 15) is 18.3 Å². The summed E-state index contributed by atoms with van der Waals surface area (Å²) >= 11 is 1.24. The second-order valence-electron chi connectivity index (χ2n) is 6.13. The number of nitrogens with one attached hydrogen (secondary N) is 1. The molecule has 0 radical (unpaired) electrons. The molecule has 0 aliphatic carbocycles. The molecule has 142 valence electrons. The Morgan fingerprint density at radius 2 is 1.93 bits per heavy atom. The van der Waals surface area contributed by atoms with Gasteiger partial charge in [0, 0.05) is 11.1 Å². The molecule has 0 unspecified atom stereocenters. The highest BCUT2D eigenvalue weighted by atomic mass is 32.2. The third kappa shape index (κ3) is 3.52. The fourth-order valence-electron chi connectivity index (χ4n) is 2.84. The highest BCUT2D eigenvalue weighted by Gasteiger charge is 2.21. The standard InChI is InChI=1S/C18H19N3O4S2/c1-5-27(24,25)12-6-7-14(22)13(8-12)21-17(23)16-9(2)15-10(3)19-11(4)20-18(15)26-16/h6-8,22H,5H2,1-4H3,(H,21,23). The van der Waals surface area contributed by atoms with Crippen LogP contribution >= 0.6 is 11.3 Å². The Bertz CT molecular complexity index is 1170. The van der Waals surface area contributed by atoms with E-state index in [-0.39, 0.29) is 22.1 Å².